The van der Waals surface area contributed by atoms with Gasteiger partial charge >= 0.3 is 0 Å². The summed E-state index contributed by atoms with van der Waals surface area (Å²) in [4.78, 5) is 6.91. The van der Waals surface area contributed by atoms with Gasteiger partial charge in [0.15, 0.2) is 11.7 Å². The molecule has 1 N–H and O–H groups in total. The Hall–Kier alpha value is -2.46. The molecule has 2 aliphatic heterocycles. The number of fused-ring (bicyclic) bond motifs is 5. The van der Waals surface area contributed by atoms with Crippen molar-refractivity contribution in [1.82, 2.24) is 5.32 Å². The zero-order valence-corrected chi connectivity index (χ0v) is 13.4. The minimum Gasteiger partial charge on any atom is -0.455 e. The van der Waals surface area contributed by atoms with Crippen molar-refractivity contribution >= 4 is 24.1 Å². The smallest absolute Gasteiger partial charge is 0.199 e. The van der Waals surface area contributed by atoms with Crippen molar-refractivity contribution < 1.29 is 4.74 Å². The molecular formula is C18H18ClN3O. The van der Waals surface area contributed by atoms with Crippen LogP contribution in [0.2, 0.25) is 0 Å². The minimum absolute atomic E-state index is 0. The molecule has 2 aromatic rings. The number of halogens is 1. The second kappa shape index (κ2) is 6.34. The fourth-order valence-corrected chi connectivity index (χ4v) is 3.01. The Morgan fingerprint density at radius 1 is 1.17 bits per heavy atom. The minimum atomic E-state index is 0. The Balaban J connectivity index is 0.00000156. The molecule has 0 radical (unpaired) electrons. The summed E-state index contributed by atoms with van der Waals surface area (Å²) in [5, 5.41) is 3.33. The largest absolute Gasteiger partial charge is 0.455 e. The predicted molar refractivity (Wildman–Crippen MR) is 95.9 cm³/mol. The van der Waals surface area contributed by atoms with E-state index in [0.717, 1.165) is 28.7 Å². The van der Waals surface area contributed by atoms with E-state index in [9.17, 15) is 0 Å². The Bertz CT molecular complexity index is 759. The van der Waals surface area contributed by atoms with E-state index in [-0.39, 0.29) is 18.4 Å². The number of ether oxygens (including phenoxy) is 1. The molecule has 0 bridgehead atoms. The van der Waals surface area contributed by atoms with Crippen molar-refractivity contribution in [3.8, 4) is 11.5 Å². The average molecular weight is 328 g/mol. The molecule has 2 heterocycles. The predicted octanol–water partition coefficient (Wildman–Crippen LogP) is 3.91. The number of rotatable bonds is 2. The lowest BCUT2D eigenvalue weighted by Crippen LogP contribution is -2.39. The van der Waals surface area contributed by atoms with Gasteiger partial charge in [0, 0.05) is 12.1 Å². The highest BCUT2D eigenvalue weighted by molar-refractivity contribution is 6.00. The van der Waals surface area contributed by atoms with Gasteiger partial charge in [-0.2, -0.15) is 0 Å². The summed E-state index contributed by atoms with van der Waals surface area (Å²) in [6, 6.07) is 16.4. The van der Waals surface area contributed by atoms with Crippen molar-refractivity contribution in [1.29, 1.82) is 0 Å². The molecule has 4 rings (SSSR count). The number of guanidine groups is 1. The third-order valence-electron chi connectivity index (χ3n) is 3.98. The number of nitrogens with zero attached hydrogens (tertiary/aromatic N) is 2. The van der Waals surface area contributed by atoms with Gasteiger partial charge < -0.3 is 10.1 Å². The fourth-order valence-electron chi connectivity index (χ4n) is 3.01. The summed E-state index contributed by atoms with van der Waals surface area (Å²) in [5.74, 6) is 2.63. The molecule has 1 unspecified atom stereocenters. The van der Waals surface area contributed by atoms with E-state index in [1.165, 1.54) is 0 Å². The quantitative estimate of drug-likeness (QED) is 0.850. The van der Waals surface area contributed by atoms with E-state index >= 15 is 0 Å². The van der Waals surface area contributed by atoms with Crippen LogP contribution in [0.15, 0.2) is 66.2 Å². The van der Waals surface area contributed by atoms with Gasteiger partial charge in [-0.05, 0) is 18.2 Å². The van der Waals surface area contributed by atoms with E-state index in [4.69, 9.17) is 4.74 Å². The first-order valence-electron chi connectivity index (χ1n) is 7.43. The van der Waals surface area contributed by atoms with Gasteiger partial charge in [-0.25, -0.2) is 0 Å². The van der Waals surface area contributed by atoms with Gasteiger partial charge in [0.25, 0.3) is 0 Å². The Morgan fingerprint density at radius 2 is 1.91 bits per heavy atom. The maximum Gasteiger partial charge on any atom is 0.199 e. The zero-order valence-electron chi connectivity index (χ0n) is 12.6. The van der Waals surface area contributed by atoms with Crippen molar-refractivity contribution in [2.75, 3.05) is 18.0 Å². The zero-order chi connectivity index (χ0) is 14.9. The van der Waals surface area contributed by atoms with Gasteiger partial charge in [-0.1, -0.05) is 36.4 Å². The second-order valence-electron chi connectivity index (χ2n) is 5.33. The van der Waals surface area contributed by atoms with Crippen LogP contribution in [-0.4, -0.2) is 19.0 Å². The normalized spacial score (nSPS) is 17.5. The molecule has 2 aromatic carbocycles. The lowest BCUT2D eigenvalue weighted by molar-refractivity contribution is 0.482. The van der Waals surface area contributed by atoms with Gasteiger partial charge in [0.2, 0.25) is 0 Å². The molecule has 23 heavy (non-hydrogen) atoms. The highest BCUT2D eigenvalue weighted by Gasteiger charge is 2.36. The number of hydrogen-bond donors (Lipinski definition) is 1. The molecule has 1 atom stereocenters. The first kappa shape index (κ1) is 15.4. The summed E-state index contributed by atoms with van der Waals surface area (Å²) in [6.07, 6.45) is 1.84. The summed E-state index contributed by atoms with van der Waals surface area (Å²) < 4.78 is 6.15. The molecule has 5 heteroatoms. The van der Waals surface area contributed by atoms with Crippen LogP contribution in [0.1, 0.15) is 11.6 Å². The third-order valence-corrected chi connectivity index (χ3v) is 3.98. The molecule has 0 fully saturated rings. The SMILES string of the molecule is C=CCNC1=NCC2c3ccccc3Oc3ccccc3N12.Cl. The van der Waals surface area contributed by atoms with Crippen LogP contribution in [0, 0.1) is 0 Å². The maximum atomic E-state index is 6.15. The fraction of sp³-hybridized carbons (Fsp3) is 0.167. The van der Waals surface area contributed by atoms with Crippen LogP contribution in [-0.2, 0) is 0 Å². The highest BCUT2D eigenvalue weighted by Crippen LogP contribution is 2.45. The van der Waals surface area contributed by atoms with Crippen molar-refractivity contribution in [3.63, 3.8) is 0 Å². The van der Waals surface area contributed by atoms with E-state index < -0.39 is 0 Å². The first-order valence-corrected chi connectivity index (χ1v) is 7.43. The number of nitrogens with one attached hydrogen (secondary N) is 1. The second-order valence-corrected chi connectivity index (χ2v) is 5.33. The molecule has 0 saturated carbocycles. The van der Waals surface area contributed by atoms with Gasteiger partial charge in [0.1, 0.15) is 5.75 Å². The van der Waals surface area contributed by atoms with Crippen molar-refractivity contribution in [3.05, 3.63) is 66.7 Å². The number of benzene rings is 2. The third kappa shape index (κ3) is 2.55. The molecule has 2 aliphatic rings. The first-order chi connectivity index (χ1) is 10.9. The van der Waals surface area contributed by atoms with E-state index in [2.05, 4.69) is 33.9 Å². The Morgan fingerprint density at radius 3 is 2.74 bits per heavy atom. The molecule has 118 valence electrons. The lowest BCUT2D eigenvalue weighted by Gasteiger charge is -2.27. The summed E-state index contributed by atoms with van der Waals surface area (Å²) in [6.45, 7) is 5.17. The standard InChI is InChI=1S/C18H17N3O.ClH/c1-2-11-19-18-20-12-15-13-7-3-5-9-16(13)22-17-10-6-4-8-14(17)21(15)18;/h2-10,15H,1,11-12H2,(H,19,20);1H. The van der Waals surface area contributed by atoms with E-state index in [1.807, 2.05) is 42.5 Å². The number of anilines is 1. The Kier molecular flexibility index (Phi) is 4.26. The monoisotopic (exact) mass is 327 g/mol. The average Bonchev–Trinajstić information content (AvgIpc) is 2.91. The van der Waals surface area contributed by atoms with Crippen molar-refractivity contribution in [2.24, 2.45) is 4.99 Å². The van der Waals surface area contributed by atoms with Crippen LogP contribution in [0.5, 0.6) is 11.5 Å². The van der Waals surface area contributed by atoms with E-state index in [1.54, 1.807) is 0 Å². The van der Waals surface area contributed by atoms with Crippen LogP contribution in [0.4, 0.5) is 5.69 Å². The molecule has 0 spiro atoms. The molecule has 0 aromatic heterocycles. The summed E-state index contributed by atoms with van der Waals surface area (Å²) in [5.41, 5.74) is 2.20. The summed E-state index contributed by atoms with van der Waals surface area (Å²) >= 11 is 0. The lowest BCUT2D eigenvalue weighted by atomic mass is 10.1. The number of hydrogen-bond acceptors (Lipinski definition) is 4. The highest BCUT2D eigenvalue weighted by atomic mass is 35.5. The van der Waals surface area contributed by atoms with Crippen molar-refractivity contribution in [2.45, 2.75) is 6.04 Å². The molecule has 4 nitrogen and oxygen atoms in total. The van der Waals surface area contributed by atoms with Crippen LogP contribution in [0.25, 0.3) is 0 Å². The number of para-hydroxylation sites is 3. The molecule has 0 saturated heterocycles. The van der Waals surface area contributed by atoms with Gasteiger partial charge in [-0.3, -0.25) is 9.89 Å². The van der Waals surface area contributed by atoms with Gasteiger partial charge in [-0.15, -0.1) is 19.0 Å². The maximum absolute atomic E-state index is 6.15. The van der Waals surface area contributed by atoms with Gasteiger partial charge in [0.05, 0.1) is 18.3 Å². The molecule has 0 amide bonds. The number of aliphatic imine (C=N–C) groups is 1. The topological polar surface area (TPSA) is 36.9 Å². The van der Waals surface area contributed by atoms with E-state index in [0.29, 0.717) is 13.1 Å². The molecule has 0 aliphatic carbocycles. The van der Waals surface area contributed by atoms with Crippen LogP contribution >= 0.6 is 12.4 Å². The van der Waals surface area contributed by atoms with Crippen LogP contribution in [0.3, 0.4) is 0 Å². The summed E-state index contributed by atoms with van der Waals surface area (Å²) in [7, 11) is 0. The van der Waals surface area contributed by atoms with Crippen LogP contribution < -0.4 is 15.0 Å². The molecular weight excluding hydrogens is 310 g/mol. The Labute approximate surface area is 141 Å².